The number of anilines is 1. The average Bonchev–Trinajstić information content (AvgIpc) is 2.83. The molecule has 0 saturated carbocycles. The van der Waals surface area contributed by atoms with Crippen LogP contribution >= 0.6 is 0 Å². The van der Waals surface area contributed by atoms with E-state index in [2.05, 4.69) is 15.1 Å². The van der Waals surface area contributed by atoms with E-state index in [1.807, 2.05) is 0 Å². The Morgan fingerprint density at radius 3 is 2.81 bits per heavy atom. The van der Waals surface area contributed by atoms with Crippen molar-refractivity contribution < 1.29 is 4.92 Å². The van der Waals surface area contributed by atoms with Gasteiger partial charge in [0.25, 0.3) is 17.0 Å². The van der Waals surface area contributed by atoms with Crippen molar-refractivity contribution in [2.45, 2.75) is 6.92 Å². The molecule has 3 aromatic rings. The first kappa shape index (κ1) is 12.8. The van der Waals surface area contributed by atoms with Crippen LogP contribution in [-0.2, 0) is 0 Å². The number of H-pyrrole nitrogens is 1. The number of hydrogen-bond donors (Lipinski definition) is 2. The van der Waals surface area contributed by atoms with Gasteiger partial charge in [-0.15, -0.1) is 0 Å². The average molecular weight is 286 g/mol. The van der Waals surface area contributed by atoms with Gasteiger partial charge in [0, 0.05) is 23.4 Å². The number of aromatic nitrogens is 4. The lowest BCUT2D eigenvalue weighted by atomic mass is 10.1. The molecule has 0 spiro atoms. The molecular weight excluding hydrogens is 276 g/mol. The highest BCUT2D eigenvalue weighted by molar-refractivity contribution is 5.69. The summed E-state index contributed by atoms with van der Waals surface area (Å²) in [5, 5.41) is 13.7. The zero-order chi connectivity index (χ0) is 15.1. The second-order valence-corrected chi connectivity index (χ2v) is 4.47. The monoisotopic (exact) mass is 286 g/mol. The van der Waals surface area contributed by atoms with E-state index in [0.717, 1.165) is 0 Å². The third kappa shape index (κ3) is 2.10. The van der Waals surface area contributed by atoms with Gasteiger partial charge in [-0.2, -0.15) is 9.50 Å². The summed E-state index contributed by atoms with van der Waals surface area (Å²) in [5.74, 6) is 0.503. The summed E-state index contributed by atoms with van der Waals surface area (Å²) in [6, 6.07) is 5.66. The number of nitro benzene ring substituents is 1. The fourth-order valence-corrected chi connectivity index (χ4v) is 1.97. The highest BCUT2D eigenvalue weighted by atomic mass is 16.6. The molecule has 0 aliphatic heterocycles. The van der Waals surface area contributed by atoms with Gasteiger partial charge < -0.3 is 5.73 Å². The van der Waals surface area contributed by atoms with Gasteiger partial charge in [0.1, 0.15) is 5.69 Å². The predicted molar refractivity (Wildman–Crippen MR) is 74.8 cm³/mol. The summed E-state index contributed by atoms with van der Waals surface area (Å²) >= 11 is 0. The van der Waals surface area contributed by atoms with E-state index in [4.69, 9.17) is 5.73 Å². The third-order valence-corrected chi connectivity index (χ3v) is 2.96. The SMILES string of the molecule is Cc1cc(=O)n2[nH]c(-c3ccc(N)c([N+](=O)[O-])c3)nc2n1. The van der Waals surface area contributed by atoms with Gasteiger partial charge in [0.2, 0.25) is 0 Å². The van der Waals surface area contributed by atoms with E-state index >= 15 is 0 Å². The summed E-state index contributed by atoms with van der Waals surface area (Å²) in [4.78, 5) is 30.4. The first-order valence-electron chi connectivity index (χ1n) is 5.96. The van der Waals surface area contributed by atoms with Crippen LogP contribution in [0.4, 0.5) is 11.4 Å². The molecule has 0 radical (unpaired) electrons. The molecule has 0 saturated heterocycles. The minimum absolute atomic E-state index is 0.0611. The van der Waals surface area contributed by atoms with Crippen LogP contribution < -0.4 is 11.3 Å². The van der Waals surface area contributed by atoms with Gasteiger partial charge in [-0.05, 0) is 19.1 Å². The van der Waals surface area contributed by atoms with Gasteiger partial charge >= 0.3 is 0 Å². The maximum atomic E-state index is 11.8. The van der Waals surface area contributed by atoms with Gasteiger partial charge in [-0.25, -0.2) is 4.98 Å². The number of nitrogens with zero attached hydrogens (tertiary/aromatic N) is 4. The fourth-order valence-electron chi connectivity index (χ4n) is 1.97. The van der Waals surface area contributed by atoms with Gasteiger partial charge in [0.05, 0.1) is 4.92 Å². The molecule has 0 fully saturated rings. The molecule has 2 aromatic heterocycles. The number of benzene rings is 1. The molecular formula is C12H10N6O3. The lowest BCUT2D eigenvalue weighted by Gasteiger charge is -1.99. The van der Waals surface area contributed by atoms with E-state index in [-0.39, 0.29) is 22.7 Å². The summed E-state index contributed by atoms with van der Waals surface area (Å²) in [7, 11) is 0. The number of aromatic amines is 1. The fraction of sp³-hybridized carbons (Fsp3) is 0.0833. The molecule has 9 heteroatoms. The number of nitrogens with one attached hydrogen (secondary N) is 1. The highest BCUT2D eigenvalue weighted by Gasteiger charge is 2.15. The quantitative estimate of drug-likeness (QED) is 0.408. The number of nitro groups is 1. The zero-order valence-electron chi connectivity index (χ0n) is 10.9. The number of hydrogen-bond acceptors (Lipinski definition) is 6. The third-order valence-electron chi connectivity index (χ3n) is 2.96. The van der Waals surface area contributed by atoms with Crippen LogP contribution in [0, 0.1) is 17.0 Å². The van der Waals surface area contributed by atoms with Crippen LogP contribution in [0.3, 0.4) is 0 Å². The first-order chi connectivity index (χ1) is 9.95. The Labute approximate surface area is 117 Å². The molecule has 2 heterocycles. The lowest BCUT2D eigenvalue weighted by molar-refractivity contribution is -0.383. The van der Waals surface area contributed by atoms with Crippen LogP contribution in [0.2, 0.25) is 0 Å². The van der Waals surface area contributed by atoms with E-state index in [1.165, 1.54) is 22.7 Å². The normalized spacial score (nSPS) is 10.9. The van der Waals surface area contributed by atoms with Gasteiger partial charge in [0.15, 0.2) is 5.82 Å². The second kappa shape index (κ2) is 4.40. The Kier molecular flexibility index (Phi) is 2.68. The molecule has 0 unspecified atom stereocenters. The summed E-state index contributed by atoms with van der Waals surface area (Å²) < 4.78 is 1.17. The van der Waals surface area contributed by atoms with Crippen molar-refractivity contribution >= 4 is 17.2 Å². The standard InChI is InChI=1S/C12H10N6O3/c1-6-4-10(19)17-12(14-6)15-11(16-17)7-2-3-8(13)9(5-7)18(20)21/h2-5H,13H2,1H3,(H,14,15,16). The van der Waals surface area contributed by atoms with Crippen LogP contribution in [0.15, 0.2) is 29.1 Å². The minimum Gasteiger partial charge on any atom is -0.393 e. The number of nitrogens with two attached hydrogens (primary N) is 1. The molecule has 106 valence electrons. The molecule has 1 aromatic carbocycles. The van der Waals surface area contributed by atoms with E-state index in [9.17, 15) is 14.9 Å². The van der Waals surface area contributed by atoms with Crippen molar-refractivity contribution in [1.82, 2.24) is 19.6 Å². The molecule has 0 aliphatic rings. The van der Waals surface area contributed by atoms with Crippen LogP contribution in [0.25, 0.3) is 17.2 Å². The molecule has 3 rings (SSSR count). The molecule has 0 aliphatic carbocycles. The second-order valence-electron chi connectivity index (χ2n) is 4.47. The van der Waals surface area contributed by atoms with Crippen molar-refractivity contribution in [3.05, 3.63) is 50.4 Å². The Balaban J connectivity index is 2.21. The largest absolute Gasteiger partial charge is 0.393 e. The summed E-state index contributed by atoms with van der Waals surface area (Å²) in [5.41, 5.74) is 6.07. The maximum Gasteiger partial charge on any atom is 0.292 e. The van der Waals surface area contributed by atoms with E-state index in [0.29, 0.717) is 17.1 Å². The Hall–Kier alpha value is -3.23. The van der Waals surface area contributed by atoms with Crippen molar-refractivity contribution in [3.8, 4) is 11.4 Å². The van der Waals surface area contributed by atoms with Crippen LogP contribution in [-0.4, -0.2) is 24.5 Å². The molecule has 21 heavy (non-hydrogen) atoms. The van der Waals surface area contributed by atoms with Crippen LogP contribution in [0.5, 0.6) is 0 Å². The van der Waals surface area contributed by atoms with Gasteiger partial charge in [-0.1, -0.05) is 0 Å². The Morgan fingerprint density at radius 1 is 1.33 bits per heavy atom. The topological polar surface area (TPSA) is 132 Å². The number of fused-ring (bicyclic) bond motifs is 1. The van der Waals surface area contributed by atoms with Crippen molar-refractivity contribution in [3.63, 3.8) is 0 Å². The predicted octanol–water partition coefficient (Wildman–Crippen LogP) is 0.883. The van der Waals surface area contributed by atoms with Gasteiger partial charge in [-0.3, -0.25) is 20.0 Å². The maximum absolute atomic E-state index is 11.8. The summed E-state index contributed by atoms with van der Waals surface area (Å²) in [6.45, 7) is 1.68. The van der Waals surface area contributed by atoms with Crippen LogP contribution in [0.1, 0.15) is 5.69 Å². The first-order valence-corrected chi connectivity index (χ1v) is 5.96. The molecule has 9 nitrogen and oxygen atoms in total. The Bertz CT molecular complexity index is 926. The molecule has 3 N–H and O–H groups in total. The minimum atomic E-state index is -0.573. The number of aryl methyl sites for hydroxylation is 1. The number of nitrogen functional groups attached to an aromatic ring is 1. The Morgan fingerprint density at radius 2 is 2.10 bits per heavy atom. The summed E-state index contributed by atoms with van der Waals surface area (Å²) in [6.07, 6.45) is 0. The molecule has 0 bridgehead atoms. The number of rotatable bonds is 2. The van der Waals surface area contributed by atoms with Crippen molar-refractivity contribution in [2.24, 2.45) is 0 Å². The van der Waals surface area contributed by atoms with E-state index < -0.39 is 4.92 Å². The van der Waals surface area contributed by atoms with Crippen molar-refractivity contribution in [2.75, 3.05) is 5.73 Å². The smallest absolute Gasteiger partial charge is 0.292 e. The molecule has 0 amide bonds. The van der Waals surface area contributed by atoms with E-state index in [1.54, 1.807) is 13.0 Å². The highest BCUT2D eigenvalue weighted by Crippen LogP contribution is 2.26. The van der Waals surface area contributed by atoms with Crippen molar-refractivity contribution in [1.29, 1.82) is 0 Å². The lowest BCUT2D eigenvalue weighted by Crippen LogP contribution is -2.14. The zero-order valence-corrected chi connectivity index (χ0v) is 10.9. The molecule has 0 atom stereocenters.